The fraction of sp³-hybridized carbons (Fsp3) is 0.235. The zero-order valence-corrected chi connectivity index (χ0v) is 12.5. The van der Waals surface area contributed by atoms with E-state index in [2.05, 4.69) is 0 Å². The van der Waals surface area contributed by atoms with Crippen molar-refractivity contribution in [1.82, 2.24) is 0 Å². The van der Waals surface area contributed by atoms with Crippen LogP contribution in [0.4, 0.5) is 5.69 Å². The molecule has 2 N–H and O–H groups in total. The Morgan fingerprint density at radius 2 is 1.64 bits per heavy atom. The van der Waals surface area contributed by atoms with E-state index in [1.165, 1.54) is 0 Å². The standard InChI is InChI=1S/C17H18N2O3/c1-21-13-7-3-5-11(9-13)16-15(18)17(20)19(16)12-6-4-8-14(10-12)22-2/h3-10,15-16H,18H2,1-2H3. The summed E-state index contributed by atoms with van der Waals surface area (Å²) in [6.07, 6.45) is 0. The average molecular weight is 298 g/mol. The van der Waals surface area contributed by atoms with Crippen LogP contribution in [0.25, 0.3) is 0 Å². The lowest BCUT2D eigenvalue weighted by molar-refractivity contribution is -0.126. The van der Waals surface area contributed by atoms with E-state index in [1.807, 2.05) is 48.5 Å². The third-order valence-corrected chi connectivity index (χ3v) is 3.91. The van der Waals surface area contributed by atoms with Gasteiger partial charge in [0.25, 0.3) is 0 Å². The molecule has 0 aromatic heterocycles. The molecule has 1 amide bonds. The van der Waals surface area contributed by atoms with Crippen molar-refractivity contribution >= 4 is 11.6 Å². The summed E-state index contributed by atoms with van der Waals surface area (Å²) in [5, 5.41) is 0. The Hall–Kier alpha value is -2.53. The Balaban J connectivity index is 1.97. The van der Waals surface area contributed by atoms with Gasteiger partial charge in [0.15, 0.2) is 0 Å². The molecule has 1 aliphatic heterocycles. The monoisotopic (exact) mass is 298 g/mol. The van der Waals surface area contributed by atoms with Crippen molar-refractivity contribution in [2.75, 3.05) is 19.1 Å². The van der Waals surface area contributed by atoms with E-state index in [1.54, 1.807) is 19.1 Å². The van der Waals surface area contributed by atoms with E-state index in [4.69, 9.17) is 15.2 Å². The molecule has 2 unspecified atom stereocenters. The number of benzene rings is 2. The maximum absolute atomic E-state index is 12.2. The van der Waals surface area contributed by atoms with Gasteiger partial charge in [-0.15, -0.1) is 0 Å². The van der Waals surface area contributed by atoms with Gasteiger partial charge in [-0.05, 0) is 29.8 Å². The summed E-state index contributed by atoms with van der Waals surface area (Å²) in [6, 6.07) is 14.3. The van der Waals surface area contributed by atoms with Crippen LogP contribution in [0, 0.1) is 0 Å². The lowest BCUT2D eigenvalue weighted by Crippen LogP contribution is -2.63. The van der Waals surface area contributed by atoms with Gasteiger partial charge >= 0.3 is 0 Å². The molecule has 1 heterocycles. The molecule has 0 saturated carbocycles. The fourth-order valence-electron chi connectivity index (χ4n) is 2.74. The number of rotatable bonds is 4. The number of β-lactam (4-membered cyclic amide) rings is 1. The first-order valence-electron chi connectivity index (χ1n) is 7.02. The predicted octanol–water partition coefficient (Wildman–Crippen LogP) is 2.12. The summed E-state index contributed by atoms with van der Waals surface area (Å²) in [4.78, 5) is 13.9. The van der Waals surface area contributed by atoms with Crippen molar-refractivity contribution in [2.24, 2.45) is 5.73 Å². The van der Waals surface area contributed by atoms with Crippen molar-refractivity contribution < 1.29 is 14.3 Å². The van der Waals surface area contributed by atoms with Gasteiger partial charge in [-0.3, -0.25) is 4.79 Å². The number of carbonyl (C=O) groups excluding carboxylic acids is 1. The molecule has 1 aliphatic rings. The first-order chi connectivity index (χ1) is 10.7. The molecule has 3 rings (SSSR count). The first-order valence-corrected chi connectivity index (χ1v) is 7.02. The second-order valence-corrected chi connectivity index (χ2v) is 5.16. The van der Waals surface area contributed by atoms with Crippen LogP contribution in [0.3, 0.4) is 0 Å². The van der Waals surface area contributed by atoms with Gasteiger partial charge in [-0.2, -0.15) is 0 Å². The van der Waals surface area contributed by atoms with E-state index >= 15 is 0 Å². The van der Waals surface area contributed by atoms with Gasteiger partial charge in [0.05, 0.1) is 20.3 Å². The maximum Gasteiger partial charge on any atom is 0.247 e. The third-order valence-electron chi connectivity index (χ3n) is 3.91. The molecule has 0 bridgehead atoms. The molecule has 0 radical (unpaired) electrons. The Kier molecular flexibility index (Phi) is 3.73. The maximum atomic E-state index is 12.2. The summed E-state index contributed by atoms with van der Waals surface area (Å²) in [7, 11) is 3.22. The van der Waals surface area contributed by atoms with E-state index < -0.39 is 6.04 Å². The van der Waals surface area contributed by atoms with E-state index in [0.717, 1.165) is 17.0 Å². The lowest BCUT2D eigenvalue weighted by Gasteiger charge is -2.45. The summed E-state index contributed by atoms with van der Waals surface area (Å²) < 4.78 is 10.5. The number of carbonyl (C=O) groups is 1. The van der Waals surface area contributed by atoms with Crippen LogP contribution in [0.1, 0.15) is 11.6 Å². The minimum atomic E-state index is -0.543. The van der Waals surface area contributed by atoms with Crippen molar-refractivity contribution in [3.63, 3.8) is 0 Å². The zero-order chi connectivity index (χ0) is 15.7. The van der Waals surface area contributed by atoms with Gasteiger partial charge in [-0.25, -0.2) is 0 Å². The summed E-state index contributed by atoms with van der Waals surface area (Å²) in [5.41, 5.74) is 7.75. The molecule has 1 fully saturated rings. The number of amides is 1. The second kappa shape index (κ2) is 5.69. The minimum absolute atomic E-state index is 0.0962. The van der Waals surface area contributed by atoms with Crippen LogP contribution in [0.2, 0.25) is 0 Å². The van der Waals surface area contributed by atoms with Crippen LogP contribution in [0.15, 0.2) is 48.5 Å². The number of hydrogen-bond acceptors (Lipinski definition) is 4. The lowest BCUT2D eigenvalue weighted by atomic mass is 9.88. The molecule has 0 aliphatic carbocycles. The highest BCUT2D eigenvalue weighted by molar-refractivity contribution is 6.05. The molecule has 2 atom stereocenters. The van der Waals surface area contributed by atoms with Gasteiger partial charge in [0.2, 0.25) is 5.91 Å². The number of ether oxygens (including phenoxy) is 2. The second-order valence-electron chi connectivity index (χ2n) is 5.16. The highest BCUT2D eigenvalue weighted by Crippen LogP contribution is 2.39. The molecule has 0 spiro atoms. The normalized spacial score (nSPS) is 20.5. The van der Waals surface area contributed by atoms with E-state index in [0.29, 0.717) is 5.75 Å². The topological polar surface area (TPSA) is 64.8 Å². The Bertz CT molecular complexity index is 702. The van der Waals surface area contributed by atoms with Crippen LogP contribution < -0.4 is 20.1 Å². The SMILES string of the molecule is COc1cccc(C2C(N)C(=O)N2c2cccc(OC)c2)c1. The number of hydrogen-bond donors (Lipinski definition) is 1. The van der Waals surface area contributed by atoms with Crippen LogP contribution in [-0.4, -0.2) is 26.2 Å². The van der Waals surface area contributed by atoms with Crippen LogP contribution in [0.5, 0.6) is 11.5 Å². The molecule has 5 nitrogen and oxygen atoms in total. The minimum Gasteiger partial charge on any atom is -0.497 e. The van der Waals surface area contributed by atoms with Crippen LogP contribution >= 0.6 is 0 Å². The number of methoxy groups -OCH3 is 2. The number of anilines is 1. The Labute approximate surface area is 129 Å². The van der Waals surface area contributed by atoms with Crippen molar-refractivity contribution in [3.8, 4) is 11.5 Å². The average Bonchev–Trinajstić information content (AvgIpc) is 2.58. The molecular formula is C17H18N2O3. The summed E-state index contributed by atoms with van der Waals surface area (Å²) in [6.45, 7) is 0. The third kappa shape index (κ3) is 2.29. The van der Waals surface area contributed by atoms with Gasteiger partial charge in [0, 0.05) is 11.8 Å². The number of nitrogens with two attached hydrogens (primary N) is 1. The summed E-state index contributed by atoms with van der Waals surface area (Å²) in [5.74, 6) is 1.35. The molecule has 2 aromatic rings. The Morgan fingerprint density at radius 3 is 2.32 bits per heavy atom. The summed E-state index contributed by atoms with van der Waals surface area (Å²) >= 11 is 0. The van der Waals surface area contributed by atoms with Crippen molar-refractivity contribution in [2.45, 2.75) is 12.1 Å². The van der Waals surface area contributed by atoms with Crippen molar-refractivity contribution in [3.05, 3.63) is 54.1 Å². The molecule has 114 valence electrons. The Morgan fingerprint density at radius 1 is 1.00 bits per heavy atom. The largest absolute Gasteiger partial charge is 0.497 e. The predicted molar refractivity (Wildman–Crippen MR) is 84.2 cm³/mol. The molecule has 22 heavy (non-hydrogen) atoms. The van der Waals surface area contributed by atoms with Gasteiger partial charge in [-0.1, -0.05) is 18.2 Å². The highest BCUT2D eigenvalue weighted by atomic mass is 16.5. The highest BCUT2D eigenvalue weighted by Gasteiger charge is 2.46. The molecule has 1 saturated heterocycles. The molecule has 2 aromatic carbocycles. The smallest absolute Gasteiger partial charge is 0.247 e. The van der Waals surface area contributed by atoms with Crippen molar-refractivity contribution in [1.29, 1.82) is 0 Å². The molecular weight excluding hydrogens is 280 g/mol. The van der Waals surface area contributed by atoms with Gasteiger partial charge in [0.1, 0.15) is 17.5 Å². The van der Waals surface area contributed by atoms with E-state index in [9.17, 15) is 4.79 Å². The van der Waals surface area contributed by atoms with Gasteiger partial charge < -0.3 is 20.1 Å². The van der Waals surface area contributed by atoms with Crippen LogP contribution in [-0.2, 0) is 4.79 Å². The molecule has 5 heteroatoms. The van der Waals surface area contributed by atoms with E-state index in [-0.39, 0.29) is 11.9 Å². The number of nitrogens with zero attached hydrogens (tertiary/aromatic N) is 1. The zero-order valence-electron chi connectivity index (χ0n) is 12.5. The first kappa shape index (κ1) is 14.4. The quantitative estimate of drug-likeness (QED) is 0.878. The fourth-order valence-corrected chi connectivity index (χ4v) is 2.74.